The largest absolute Gasteiger partial charge is 0.462 e. The number of aliphatic hydroxyl groups excluding tert-OH is 1. The summed E-state index contributed by atoms with van der Waals surface area (Å²) in [6, 6.07) is 0. The first-order valence-electron chi connectivity index (χ1n) is 18.8. The van der Waals surface area contributed by atoms with E-state index in [2.05, 4.69) is 32.3 Å². The Hall–Kier alpha value is -1.40. The van der Waals surface area contributed by atoms with Gasteiger partial charge in [-0.1, -0.05) is 104 Å². The van der Waals surface area contributed by atoms with E-state index >= 15 is 0 Å². The Morgan fingerprint density at radius 2 is 1.02 bits per heavy atom. The average Bonchev–Trinajstić information content (AvgIpc) is 3.01. The molecule has 0 aromatic carbocycles. The molecule has 6 heteroatoms. The monoisotopic (exact) mass is 624 g/mol. The summed E-state index contributed by atoms with van der Waals surface area (Å²) in [5.41, 5.74) is 0. The van der Waals surface area contributed by atoms with Gasteiger partial charge in [-0.05, 0) is 83.7 Å². The fourth-order valence-electron chi connectivity index (χ4n) is 5.74. The van der Waals surface area contributed by atoms with E-state index in [1.807, 2.05) is 6.08 Å². The first kappa shape index (κ1) is 42.6. The van der Waals surface area contributed by atoms with Gasteiger partial charge in [-0.3, -0.25) is 9.59 Å². The second-order valence-corrected chi connectivity index (χ2v) is 12.8. The van der Waals surface area contributed by atoms with Gasteiger partial charge < -0.3 is 19.5 Å². The molecule has 0 aliphatic rings. The van der Waals surface area contributed by atoms with Crippen molar-refractivity contribution in [3.63, 3.8) is 0 Å². The third kappa shape index (κ3) is 28.1. The zero-order valence-corrected chi connectivity index (χ0v) is 29.5. The van der Waals surface area contributed by atoms with E-state index in [0.29, 0.717) is 12.8 Å². The lowest BCUT2D eigenvalue weighted by molar-refractivity contribution is -0.151. The molecule has 0 saturated carbocycles. The molecule has 0 aliphatic heterocycles. The lowest BCUT2D eigenvalue weighted by Gasteiger charge is -2.21. The van der Waals surface area contributed by atoms with Crippen molar-refractivity contribution in [2.45, 2.75) is 193 Å². The van der Waals surface area contributed by atoms with Crippen LogP contribution in [0.25, 0.3) is 0 Å². The molecule has 2 atom stereocenters. The number of rotatable bonds is 34. The summed E-state index contributed by atoms with van der Waals surface area (Å²) >= 11 is 0. The summed E-state index contributed by atoms with van der Waals surface area (Å²) < 4.78 is 11.6. The minimum absolute atomic E-state index is 0.0115. The van der Waals surface area contributed by atoms with Crippen LogP contribution in [0.5, 0.6) is 0 Å². The normalized spacial score (nSPS) is 12.8. The van der Waals surface area contributed by atoms with Gasteiger partial charge in [0.25, 0.3) is 0 Å². The van der Waals surface area contributed by atoms with Gasteiger partial charge in [0.15, 0.2) is 0 Å². The van der Waals surface area contributed by atoms with Crippen molar-refractivity contribution in [2.24, 2.45) is 0 Å². The highest BCUT2D eigenvalue weighted by atomic mass is 16.5. The Morgan fingerprint density at radius 3 is 1.48 bits per heavy atom. The van der Waals surface area contributed by atoms with Crippen LogP contribution in [0.2, 0.25) is 0 Å². The number of hydrogen-bond acceptors (Lipinski definition) is 6. The lowest BCUT2D eigenvalue weighted by Crippen LogP contribution is -2.29. The topological polar surface area (TPSA) is 76.1 Å². The SMILES string of the molecule is C=CCCCC(CCCC)OC(=O)CCCCCCCN(CCO)CCCCCCCC(=O)OC(CCCC)CCCCC. The highest BCUT2D eigenvalue weighted by Gasteiger charge is 2.15. The van der Waals surface area contributed by atoms with Crippen LogP contribution in [0.1, 0.15) is 181 Å². The summed E-state index contributed by atoms with van der Waals surface area (Å²) in [5.74, 6) is -0.0461. The van der Waals surface area contributed by atoms with Gasteiger partial charge >= 0.3 is 11.9 Å². The molecule has 0 rings (SSSR count). The number of esters is 2. The molecule has 0 saturated heterocycles. The molecule has 44 heavy (non-hydrogen) atoms. The number of aliphatic hydroxyl groups is 1. The number of ether oxygens (including phenoxy) is 2. The fourth-order valence-corrected chi connectivity index (χ4v) is 5.74. The number of carbonyl (C=O) groups is 2. The number of carbonyl (C=O) groups excluding carboxylic acids is 2. The average molecular weight is 624 g/mol. The molecule has 6 nitrogen and oxygen atoms in total. The summed E-state index contributed by atoms with van der Waals surface area (Å²) in [5, 5.41) is 9.49. The number of hydrogen-bond donors (Lipinski definition) is 1. The lowest BCUT2D eigenvalue weighted by atomic mass is 10.1. The van der Waals surface area contributed by atoms with Crippen LogP contribution in [0.15, 0.2) is 12.7 Å². The molecule has 0 aromatic rings. The van der Waals surface area contributed by atoms with Gasteiger partial charge in [-0.25, -0.2) is 0 Å². The van der Waals surface area contributed by atoms with Crippen molar-refractivity contribution < 1.29 is 24.2 Å². The maximum Gasteiger partial charge on any atom is 0.306 e. The first-order chi connectivity index (χ1) is 21.5. The second-order valence-electron chi connectivity index (χ2n) is 12.8. The van der Waals surface area contributed by atoms with Crippen molar-refractivity contribution in [2.75, 3.05) is 26.2 Å². The van der Waals surface area contributed by atoms with E-state index in [9.17, 15) is 14.7 Å². The smallest absolute Gasteiger partial charge is 0.306 e. The molecule has 0 heterocycles. The predicted molar refractivity (Wildman–Crippen MR) is 186 cm³/mol. The Kier molecular flexibility index (Phi) is 31.9. The van der Waals surface area contributed by atoms with Crippen molar-refractivity contribution in [3.8, 4) is 0 Å². The van der Waals surface area contributed by atoms with E-state index in [1.165, 1.54) is 12.8 Å². The third-order valence-corrected chi connectivity index (χ3v) is 8.55. The van der Waals surface area contributed by atoms with Gasteiger partial charge in [-0.15, -0.1) is 6.58 Å². The molecule has 0 aromatic heterocycles. The number of unbranched alkanes of at least 4 members (excludes halogenated alkanes) is 13. The van der Waals surface area contributed by atoms with Crippen molar-refractivity contribution in [3.05, 3.63) is 12.7 Å². The van der Waals surface area contributed by atoms with E-state index < -0.39 is 0 Å². The van der Waals surface area contributed by atoms with Crippen molar-refractivity contribution in [1.29, 1.82) is 0 Å². The summed E-state index contributed by atoms with van der Waals surface area (Å²) in [4.78, 5) is 27.1. The molecule has 0 bridgehead atoms. The van der Waals surface area contributed by atoms with E-state index in [-0.39, 0.29) is 30.8 Å². The highest BCUT2D eigenvalue weighted by Crippen LogP contribution is 2.17. The molecule has 0 fully saturated rings. The summed E-state index contributed by atoms with van der Waals surface area (Å²) in [7, 11) is 0. The minimum Gasteiger partial charge on any atom is -0.462 e. The molecule has 1 N–H and O–H groups in total. The molecule has 0 radical (unpaired) electrons. The van der Waals surface area contributed by atoms with Gasteiger partial charge in [0, 0.05) is 19.4 Å². The minimum atomic E-state index is -0.0346. The molecule has 2 unspecified atom stereocenters. The van der Waals surface area contributed by atoms with Crippen molar-refractivity contribution in [1.82, 2.24) is 4.90 Å². The maximum atomic E-state index is 12.3. The van der Waals surface area contributed by atoms with Gasteiger partial charge in [0.05, 0.1) is 6.61 Å². The van der Waals surface area contributed by atoms with Crippen LogP contribution in [0.3, 0.4) is 0 Å². The first-order valence-corrected chi connectivity index (χ1v) is 18.8. The zero-order chi connectivity index (χ0) is 32.5. The van der Waals surface area contributed by atoms with Crippen LogP contribution in [-0.4, -0.2) is 60.4 Å². The standard InChI is InChI=1S/C38H73NO5/c1-5-9-19-27-35(25-11-7-3)43-37(41)29-21-15-13-17-23-31-39(33-34-40)32-24-18-14-16-22-30-38(42)44-36(26-12-8-4)28-20-10-6-2/h5,35-36,40H,1,6-34H2,2-4H3. The molecule has 0 amide bonds. The Labute approximate surface area is 273 Å². The number of allylic oxidation sites excluding steroid dienone is 1. The molecule has 0 aliphatic carbocycles. The van der Waals surface area contributed by atoms with Crippen molar-refractivity contribution >= 4 is 11.9 Å². The maximum absolute atomic E-state index is 12.3. The van der Waals surface area contributed by atoms with E-state index in [1.54, 1.807) is 0 Å². The Morgan fingerprint density at radius 1 is 0.591 bits per heavy atom. The summed E-state index contributed by atoms with van der Waals surface area (Å²) in [6.45, 7) is 13.3. The van der Waals surface area contributed by atoms with E-state index in [0.717, 1.165) is 154 Å². The Balaban J connectivity index is 3.95. The van der Waals surface area contributed by atoms with E-state index in [4.69, 9.17) is 9.47 Å². The Bertz CT molecular complexity index is 655. The van der Waals surface area contributed by atoms with Crippen LogP contribution in [0, 0.1) is 0 Å². The van der Waals surface area contributed by atoms with Gasteiger partial charge in [-0.2, -0.15) is 0 Å². The zero-order valence-electron chi connectivity index (χ0n) is 29.5. The van der Waals surface area contributed by atoms with Crippen LogP contribution < -0.4 is 0 Å². The van der Waals surface area contributed by atoms with Crippen LogP contribution in [-0.2, 0) is 19.1 Å². The number of nitrogens with zero attached hydrogens (tertiary/aromatic N) is 1. The molecule has 0 spiro atoms. The summed E-state index contributed by atoms with van der Waals surface area (Å²) in [6.07, 6.45) is 28.1. The quantitative estimate of drug-likeness (QED) is 0.0437. The predicted octanol–water partition coefficient (Wildman–Crippen LogP) is 10.1. The highest BCUT2D eigenvalue weighted by molar-refractivity contribution is 5.69. The third-order valence-electron chi connectivity index (χ3n) is 8.55. The molecule has 260 valence electrons. The van der Waals surface area contributed by atoms with Gasteiger partial charge in [0.2, 0.25) is 0 Å². The van der Waals surface area contributed by atoms with Crippen LogP contribution >= 0.6 is 0 Å². The van der Waals surface area contributed by atoms with Gasteiger partial charge in [0.1, 0.15) is 12.2 Å². The molecular formula is C38H73NO5. The molecular weight excluding hydrogens is 550 g/mol. The fraction of sp³-hybridized carbons (Fsp3) is 0.895. The van der Waals surface area contributed by atoms with Crippen LogP contribution in [0.4, 0.5) is 0 Å². The second kappa shape index (κ2) is 33.0.